The van der Waals surface area contributed by atoms with Gasteiger partial charge in [0.2, 0.25) is 11.8 Å². The van der Waals surface area contributed by atoms with Gasteiger partial charge in [0.25, 0.3) is 5.91 Å². The summed E-state index contributed by atoms with van der Waals surface area (Å²) < 4.78 is 0. The van der Waals surface area contributed by atoms with Crippen molar-refractivity contribution in [3.05, 3.63) is 69.2 Å². The third kappa shape index (κ3) is 5.72. The van der Waals surface area contributed by atoms with Crippen LogP contribution in [0.15, 0.2) is 42.5 Å². The smallest absolute Gasteiger partial charge is 0.253 e. The summed E-state index contributed by atoms with van der Waals surface area (Å²) in [6.45, 7) is 3.91. The Kier molecular flexibility index (Phi) is 8.01. The lowest BCUT2D eigenvalue weighted by molar-refractivity contribution is -0.141. The normalized spacial score (nSPS) is 22.3. The molecule has 3 amide bonds. The molecule has 3 fully saturated rings. The van der Waals surface area contributed by atoms with Crippen molar-refractivity contribution in [2.45, 2.75) is 56.9 Å². The summed E-state index contributed by atoms with van der Waals surface area (Å²) in [6.07, 6.45) is 4.50. The Balaban J connectivity index is 1.34. The molecule has 2 atom stereocenters. The Bertz CT molecular complexity index is 1210. The van der Waals surface area contributed by atoms with E-state index in [1.807, 2.05) is 46.0 Å². The number of carbonyl (C=O) groups excluding carboxylic acids is 3. The van der Waals surface area contributed by atoms with Gasteiger partial charge in [-0.3, -0.25) is 14.4 Å². The van der Waals surface area contributed by atoms with Crippen molar-refractivity contribution in [2.24, 2.45) is 5.92 Å². The summed E-state index contributed by atoms with van der Waals surface area (Å²) in [5, 5.41) is 0.945. The molecule has 0 aromatic heterocycles. The van der Waals surface area contributed by atoms with Crippen molar-refractivity contribution in [3.8, 4) is 0 Å². The maximum atomic E-state index is 13.6. The highest BCUT2D eigenvalue weighted by molar-refractivity contribution is 6.42. The zero-order chi connectivity index (χ0) is 27.0. The monoisotopic (exact) mass is 555 g/mol. The highest BCUT2D eigenvalue weighted by Gasteiger charge is 2.39. The number of nitrogens with zero attached hydrogens (tertiary/aromatic N) is 3. The third-order valence-electron chi connectivity index (χ3n) is 8.57. The molecule has 2 aromatic rings. The lowest BCUT2D eigenvalue weighted by Gasteiger charge is -2.44. The van der Waals surface area contributed by atoms with Crippen molar-refractivity contribution in [2.75, 3.05) is 33.2 Å². The molecular formula is C30H35Cl2N3O3. The molecule has 2 aromatic carbocycles. The van der Waals surface area contributed by atoms with Crippen molar-refractivity contribution in [1.82, 2.24) is 14.7 Å². The van der Waals surface area contributed by atoms with Crippen LogP contribution in [0.25, 0.3) is 0 Å². The molecule has 2 heterocycles. The van der Waals surface area contributed by atoms with E-state index in [9.17, 15) is 14.4 Å². The van der Waals surface area contributed by atoms with Crippen LogP contribution < -0.4 is 0 Å². The van der Waals surface area contributed by atoms with Crippen LogP contribution in [0.1, 0.15) is 72.3 Å². The van der Waals surface area contributed by atoms with E-state index in [1.54, 1.807) is 13.0 Å². The van der Waals surface area contributed by atoms with E-state index < -0.39 is 0 Å². The second-order valence-electron chi connectivity index (χ2n) is 11.0. The summed E-state index contributed by atoms with van der Waals surface area (Å²) >= 11 is 12.6. The molecule has 0 bridgehead atoms. The van der Waals surface area contributed by atoms with Crippen LogP contribution in [-0.2, 0) is 9.59 Å². The molecule has 38 heavy (non-hydrogen) atoms. The lowest BCUT2D eigenvalue weighted by Crippen LogP contribution is -2.53. The van der Waals surface area contributed by atoms with Gasteiger partial charge in [-0.25, -0.2) is 0 Å². The minimum absolute atomic E-state index is 0.0150. The van der Waals surface area contributed by atoms with E-state index in [2.05, 4.69) is 12.1 Å². The van der Waals surface area contributed by atoms with E-state index in [-0.39, 0.29) is 35.6 Å². The van der Waals surface area contributed by atoms with Crippen molar-refractivity contribution in [3.63, 3.8) is 0 Å². The van der Waals surface area contributed by atoms with Crippen molar-refractivity contribution in [1.29, 1.82) is 0 Å². The van der Waals surface area contributed by atoms with Gasteiger partial charge >= 0.3 is 0 Å². The number of likely N-dealkylation sites (tertiary alicyclic amines) is 2. The molecule has 3 aliphatic rings. The molecule has 2 aliphatic heterocycles. The highest BCUT2D eigenvalue weighted by Crippen LogP contribution is 2.40. The summed E-state index contributed by atoms with van der Waals surface area (Å²) in [5.74, 6) is 0.652. The molecule has 0 spiro atoms. The molecule has 8 heteroatoms. The van der Waals surface area contributed by atoms with Crippen LogP contribution in [0.2, 0.25) is 10.0 Å². The van der Waals surface area contributed by atoms with Gasteiger partial charge < -0.3 is 14.7 Å². The lowest BCUT2D eigenvalue weighted by atomic mass is 9.83. The Morgan fingerprint density at radius 1 is 0.816 bits per heavy atom. The standard InChI is InChI=1S/C30H35Cl2N3O3/c1-19(36)34-14-11-23(12-15-34)30(38)35-16-13-28(25(18-35)24-9-10-26(31)27(32)17-24)33(2)29(37)22-7-5-21(6-8-22)20-3-4-20/h5-10,17,20,23,25,28H,3-4,11-16,18H2,1-2H3/t25-,28?/m0/s1. The second kappa shape index (κ2) is 11.3. The predicted molar refractivity (Wildman–Crippen MR) is 150 cm³/mol. The van der Waals surface area contributed by atoms with Crippen LogP contribution in [0.3, 0.4) is 0 Å². The van der Waals surface area contributed by atoms with Crippen molar-refractivity contribution >= 4 is 40.9 Å². The number of rotatable bonds is 5. The first-order valence-electron chi connectivity index (χ1n) is 13.6. The predicted octanol–water partition coefficient (Wildman–Crippen LogP) is 5.59. The van der Waals surface area contributed by atoms with Crippen LogP contribution in [-0.4, -0.2) is 71.7 Å². The van der Waals surface area contributed by atoms with Gasteiger partial charge in [0.15, 0.2) is 0 Å². The Hall–Kier alpha value is -2.57. The zero-order valence-corrected chi connectivity index (χ0v) is 23.5. The summed E-state index contributed by atoms with van der Waals surface area (Å²) in [7, 11) is 1.86. The molecule has 0 radical (unpaired) electrons. The number of piperidine rings is 2. The summed E-state index contributed by atoms with van der Waals surface area (Å²) in [4.78, 5) is 44.4. The average Bonchev–Trinajstić information content (AvgIpc) is 3.79. The number of halogens is 2. The fourth-order valence-corrected chi connectivity index (χ4v) is 6.35. The first-order chi connectivity index (χ1) is 18.2. The van der Waals surface area contributed by atoms with Gasteiger partial charge in [0, 0.05) is 63.6 Å². The summed E-state index contributed by atoms with van der Waals surface area (Å²) in [6, 6.07) is 13.5. The Morgan fingerprint density at radius 2 is 1.45 bits per heavy atom. The van der Waals surface area contributed by atoms with Crippen molar-refractivity contribution < 1.29 is 14.4 Å². The van der Waals surface area contributed by atoms with Gasteiger partial charge in [0.1, 0.15) is 0 Å². The number of carbonyl (C=O) groups is 3. The molecule has 6 nitrogen and oxygen atoms in total. The quantitative estimate of drug-likeness (QED) is 0.483. The maximum Gasteiger partial charge on any atom is 0.253 e. The van der Waals surface area contributed by atoms with Crippen LogP contribution in [0.5, 0.6) is 0 Å². The largest absolute Gasteiger partial charge is 0.343 e. The van der Waals surface area contributed by atoms with E-state index in [0.717, 1.165) is 5.56 Å². The number of hydrogen-bond acceptors (Lipinski definition) is 3. The fraction of sp³-hybridized carbons (Fsp3) is 0.500. The molecule has 5 rings (SSSR count). The fourth-order valence-electron chi connectivity index (χ4n) is 6.04. The Labute approximate surface area is 234 Å². The molecular weight excluding hydrogens is 521 g/mol. The molecule has 2 saturated heterocycles. The molecule has 0 N–H and O–H groups in total. The highest BCUT2D eigenvalue weighted by atomic mass is 35.5. The number of amides is 3. The maximum absolute atomic E-state index is 13.6. The number of benzene rings is 2. The Morgan fingerprint density at radius 3 is 2.05 bits per heavy atom. The topological polar surface area (TPSA) is 60.9 Å². The van der Waals surface area contributed by atoms with Crippen LogP contribution in [0, 0.1) is 5.92 Å². The van der Waals surface area contributed by atoms with Gasteiger partial charge in [-0.15, -0.1) is 0 Å². The minimum atomic E-state index is -0.0977. The number of likely N-dealkylation sites (N-methyl/N-ethyl adjacent to an activating group) is 1. The van der Waals surface area contributed by atoms with Crippen LogP contribution in [0.4, 0.5) is 0 Å². The van der Waals surface area contributed by atoms with Gasteiger partial charge in [-0.05, 0) is 73.4 Å². The molecule has 1 saturated carbocycles. The number of hydrogen-bond donors (Lipinski definition) is 0. The summed E-state index contributed by atoms with van der Waals surface area (Å²) in [5.41, 5.74) is 2.95. The van der Waals surface area contributed by atoms with E-state index in [1.165, 1.54) is 18.4 Å². The van der Waals surface area contributed by atoms with E-state index >= 15 is 0 Å². The average molecular weight is 557 g/mol. The van der Waals surface area contributed by atoms with Gasteiger partial charge in [0.05, 0.1) is 10.0 Å². The third-order valence-corrected chi connectivity index (χ3v) is 9.31. The minimum Gasteiger partial charge on any atom is -0.343 e. The first-order valence-corrected chi connectivity index (χ1v) is 14.3. The van der Waals surface area contributed by atoms with E-state index in [4.69, 9.17) is 23.2 Å². The SMILES string of the molecule is CC(=O)N1CCC(C(=O)N2CCC(N(C)C(=O)c3ccc(C4CC4)cc3)[C@H](c3ccc(Cl)c(Cl)c3)C2)CC1. The molecule has 202 valence electrons. The first kappa shape index (κ1) is 27.0. The second-order valence-corrected chi connectivity index (χ2v) is 11.8. The van der Waals surface area contributed by atoms with Gasteiger partial charge in [-0.2, -0.15) is 0 Å². The molecule has 1 aliphatic carbocycles. The van der Waals surface area contributed by atoms with Gasteiger partial charge in [-0.1, -0.05) is 41.4 Å². The van der Waals surface area contributed by atoms with E-state index in [0.29, 0.717) is 67.0 Å². The van der Waals surface area contributed by atoms with Crippen LogP contribution >= 0.6 is 23.2 Å². The zero-order valence-electron chi connectivity index (χ0n) is 22.0. The molecule has 1 unspecified atom stereocenters.